The van der Waals surface area contributed by atoms with Crippen molar-refractivity contribution < 1.29 is 0 Å². The fourth-order valence-corrected chi connectivity index (χ4v) is 3.11. The van der Waals surface area contributed by atoms with Crippen molar-refractivity contribution in [2.75, 3.05) is 0 Å². The molecule has 7 heteroatoms. The Kier molecular flexibility index (Phi) is 3.83. The van der Waals surface area contributed by atoms with Gasteiger partial charge in [-0.3, -0.25) is 10.4 Å². The number of hydrogen-bond acceptors (Lipinski definition) is 6. The Labute approximate surface area is 146 Å². The smallest absolute Gasteiger partial charge is 0.235 e. The summed E-state index contributed by atoms with van der Waals surface area (Å²) in [7, 11) is 2.02. The van der Waals surface area contributed by atoms with Gasteiger partial charge in [0.2, 0.25) is 6.29 Å². The third-order valence-electron chi connectivity index (χ3n) is 4.38. The quantitative estimate of drug-likeness (QED) is 0.931. The number of pyridine rings is 1. The minimum Gasteiger partial charge on any atom is -0.337 e. The molecule has 0 aromatic carbocycles. The number of hydrazine groups is 1. The predicted molar refractivity (Wildman–Crippen MR) is 97.8 cm³/mol. The third kappa shape index (κ3) is 3.05. The van der Waals surface area contributed by atoms with Crippen LogP contribution in [0.1, 0.15) is 26.1 Å². The van der Waals surface area contributed by atoms with Crippen LogP contribution < -0.4 is 5.43 Å². The van der Waals surface area contributed by atoms with Gasteiger partial charge < -0.3 is 4.57 Å². The summed E-state index contributed by atoms with van der Waals surface area (Å²) >= 11 is 0. The lowest BCUT2D eigenvalue weighted by Crippen LogP contribution is -2.40. The molecule has 1 N–H and O–H groups in total. The molecule has 25 heavy (non-hydrogen) atoms. The average Bonchev–Trinajstić information content (AvgIpc) is 3.17. The van der Waals surface area contributed by atoms with Crippen LogP contribution in [0, 0.1) is 0 Å². The number of amidine groups is 1. The normalized spacial score (nSPS) is 19.1. The number of imidazole rings is 1. The zero-order valence-electron chi connectivity index (χ0n) is 14.6. The highest BCUT2D eigenvalue weighted by molar-refractivity contribution is 5.94. The highest BCUT2D eigenvalue weighted by Crippen LogP contribution is 2.21. The fraction of sp³-hybridized carbons (Fsp3) is 0.333. The SMILES string of the molecule is CC1=CC(C)=NC2N=C(CCc3nc(-c4cccnc4)cn3C)NN12. The number of hydrogen-bond donors (Lipinski definition) is 1. The van der Waals surface area contributed by atoms with Gasteiger partial charge in [0.15, 0.2) is 0 Å². The van der Waals surface area contributed by atoms with Crippen LogP contribution >= 0.6 is 0 Å². The van der Waals surface area contributed by atoms with E-state index >= 15 is 0 Å². The molecule has 0 bridgehead atoms. The summed E-state index contributed by atoms with van der Waals surface area (Å²) in [6.07, 6.45) is 9.14. The highest BCUT2D eigenvalue weighted by atomic mass is 15.6. The van der Waals surface area contributed by atoms with Gasteiger partial charge in [-0.15, -0.1) is 0 Å². The summed E-state index contributed by atoms with van der Waals surface area (Å²) in [6, 6.07) is 3.95. The van der Waals surface area contributed by atoms with E-state index in [-0.39, 0.29) is 6.29 Å². The van der Waals surface area contributed by atoms with Gasteiger partial charge in [0.25, 0.3) is 0 Å². The summed E-state index contributed by atoms with van der Waals surface area (Å²) in [6.45, 7) is 4.07. The van der Waals surface area contributed by atoms with Crippen LogP contribution in [0.3, 0.4) is 0 Å². The minimum absolute atomic E-state index is 0.174. The van der Waals surface area contributed by atoms with Gasteiger partial charge >= 0.3 is 0 Å². The molecule has 0 aliphatic carbocycles. The summed E-state index contributed by atoms with van der Waals surface area (Å²) in [4.78, 5) is 18.1. The second-order valence-electron chi connectivity index (χ2n) is 6.36. The molecule has 2 aliphatic heterocycles. The molecule has 0 fully saturated rings. The number of aryl methyl sites for hydroxylation is 2. The average molecular weight is 335 g/mol. The molecule has 0 amide bonds. The minimum atomic E-state index is -0.174. The fourth-order valence-electron chi connectivity index (χ4n) is 3.11. The molecule has 4 heterocycles. The molecule has 1 unspecified atom stereocenters. The van der Waals surface area contributed by atoms with E-state index in [9.17, 15) is 0 Å². The first-order valence-electron chi connectivity index (χ1n) is 8.38. The number of nitrogens with zero attached hydrogens (tertiary/aromatic N) is 6. The van der Waals surface area contributed by atoms with Gasteiger partial charge in [-0.2, -0.15) is 0 Å². The van der Waals surface area contributed by atoms with Crippen molar-refractivity contribution >= 4 is 11.5 Å². The van der Waals surface area contributed by atoms with E-state index in [4.69, 9.17) is 4.98 Å². The van der Waals surface area contributed by atoms with Crippen LogP contribution in [0.15, 0.2) is 52.5 Å². The molecule has 1 atom stereocenters. The van der Waals surface area contributed by atoms with Crippen LogP contribution in [-0.4, -0.2) is 37.4 Å². The van der Waals surface area contributed by atoms with Crippen LogP contribution in [0.5, 0.6) is 0 Å². The molecule has 0 saturated carbocycles. The summed E-state index contributed by atoms with van der Waals surface area (Å²) in [5, 5.41) is 2.00. The first-order chi connectivity index (χ1) is 12.1. The molecule has 2 aromatic rings. The Morgan fingerprint density at radius 2 is 2.08 bits per heavy atom. The Hall–Kier alpha value is -2.96. The number of fused-ring (bicyclic) bond motifs is 1. The van der Waals surface area contributed by atoms with Crippen molar-refractivity contribution in [3.63, 3.8) is 0 Å². The monoisotopic (exact) mass is 335 g/mol. The van der Waals surface area contributed by atoms with E-state index in [0.29, 0.717) is 0 Å². The Balaban J connectivity index is 1.45. The van der Waals surface area contributed by atoms with Crippen molar-refractivity contribution in [3.8, 4) is 11.3 Å². The van der Waals surface area contributed by atoms with E-state index in [1.807, 2.05) is 43.5 Å². The van der Waals surface area contributed by atoms with Gasteiger partial charge in [0, 0.05) is 55.5 Å². The lowest BCUT2D eigenvalue weighted by Gasteiger charge is -2.26. The molecule has 7 nitrogen and oxygen atoms in total. The Bertz CT molecular complexity index is 876. The standard InChI is InChI=1S/C18H21N7/c1-12-9-13(2)25-18(20-12)22-16(23-25)6-7-17-21-15(11-24(17)3)14-5-4-8-19-10-14/h4-5,8-11,18H,6-7H2,1-3H3,(H,22,23). The maximum atomic E-state index is 4.75. The molecular weight excluding hydrogens is 314 g/mol. The second-order valence-corrected chi connectivity index (χ2v) is 6.36. The number of aromatic nitrogens is 3. The molecule has 2 aliphatic rings. The summed E-state index contributed by atoms with van der Waals surface area (Å²) < 4.78 is 2.07. The van der Waals surface area contributed by atoms with Crippen LogP contribution in [-0.2, 0) is 13.5 Å². The van der Waals surface area contributed by atoms with Crippen molar-refractivity contribution in [2.24, 2.45) is 17.0 Å². The van der Waals surface area contributed by atoms with Crippen LogP contribution in [0.25, 0.3) is 11.3 Å². The maximum absolute atomic E-state index is 4.75. The van der Waals surface area contributed by atoms with E-state index < -0.39 is 0 Å². The largest absolute Gasteiger partial charge is 0.337 e. The summed E-state index contributed by atoms with van der Waals surface area (Å²) in [5.41, 5.74) is 7.47. The predicted octanol–water partition coefficient (Wildman–Crippen LogP) is 2.30. The maximum Gasteiger partial charge on any atom is 0.235 e. The third-order valence-corrected chi connectivity index (χ3v) is 4.38. The first kappa shape index (κ1) is 15.6. The van der Waals surface area contributed by atoms with Crippen molar-refractivity contribution in [1.82, 2.24) is 25.0 Å². The van der Waals surface area contributed by atoms with E-state index in [1.165, 1.54) is 0 Å². The Morgan fingerprint density at radius 1 is 1.20 bits per heavy atom. The first-order valence-corrected chi connectivity index (χ1v) is 8.38. The number of rotatable bonds is 4. The highest BCUT2D eigenvalue weighted by Gasteiger charge is 2.28. The molecule has 4 rings (SSSR count). The lowest BCUT2D eigenvalue weighted by atomic mass is 10.2. The van der Waals surface area contributed by atoms with Gasteiger partial charge in [-0.1, -0.05) is 0 Å². The van der Waals surface area contributed by atoms with Crippen molar-refractivity contribution in [2.45, 2.75) is 33.0 Å². The van der Waals surface area contributed by atoms with Crippen molar-refractivity contribution in [1.29, 1.82) is 0 Å². The molecule has 0 radical (unpaired) electrons. The number of nitrogens with one attached hydrogen (secondary N) is 1. The van der Waals surface area contributed by atoms with E-state index in [1.54, 1.807) is 6.20 Å². The van der Waals surface area contributed by atoms with Crippen LogP contribution in [0.4, 0.5) is 0 Å². The van der Waals surface area contributed by atoms with Gasteiger partial charge in [0.1, 0.15) is 11.7 Å². The zero-order chi connectivity index (χ0) is 17.4. The molecule has 128 valence electrons. The van der Waals surface area contributed by atoms with Gasteiger partial charge in [-0.05, 0) is 32.1 Å². The number of allylic oxidation sites excluding steroid dienone is 2. The van der Waals surface area contributed by atoms with Crippen molar-refractivity contribution in [3.05, 3.63) is 48.3 Å². The molecular formula is C18H21N7. The van der Waals surface area contributed by atoms with E-state index in [2.05, 4.69) is 38.0 Å². The molecule has 0 saturated heterocycles. The summed E-state index contributed by atoms with van der Waals surface area (Å²) in [5.74, 6) is 1.97. The molecule has 0 spiro atoms. The topological polar surface area (TPSA) is 70.7 Å². The number of aliphatic imine (C=N–C) groups is 2. The Morgan fingerprint density at radius 3 is 2.88 bits per heavy atom. The zero-order valence-corrected chi connectivity index (χ0v) is 14.6. The molecule has 2 aromatic heterocycles. The van der Waals surface area contributed by atoms with Crippen LogP contribution in [0.2, 0.25) is 0 Å². The van der Waals surface area contributed by atoms with Gasteiger partial charge in [-0.25, -0.2) is 20.0 Å². The lowest BCUT2D eigenvalue weighted by molar-refractivity contribution is 0.253. The second kappa shape index (κ2) is 6.16. The van der Waals surface area contributed by atoms with Gasteiger partial charge in [0.05, 0.1) is 5.69 Å². The van der Waals surface area contributed by atoms with E-state index in [0.717, 1.165) is 47.2 Å².